The van der Waals surface area contributed by atoms with Crippen molar-refractivity contribution in [1.82, 2.24) is 9.97 Å². The highest BCUT2D eigenvalue weighted by molar-refractivity contribution is 7.08. The number of nitrogens with zero attached hydrogens (tertiary/aromatic N) is 2. The van der Waals surface area contributed by atoms with Crippen LogP contribution in [0.1, 0.15) is 36.4 Å². The maximum absolute atomic E-state index is 5.71. The SMILES string of the molecule is CCc1nc(-c2cscc2C)nc(CC)c1CCN. The summed E-state index contributed by atoms with van der Waals surface area (Å²) in [4.78, 5) is 9.52. The van der Waals surface area contributed by atoms with E-state index < -0.39 is 0 Å². The summed E-state index contributed by atoms with van der Waals surface area (Å²) < 4.78 is 0. The van der Waals surface area contributed by atoms with E-state index in [9.17, 15) is 0 Å². The van der Waals surface area contributed by atoms with E-state index >= 15 is 0 Å². The van der Waals surface area contributed by atoms with Crippen molar-refractivity contribution in [2.24, 2.45) is 5.73 Å². The Bertz CT molecular complexity index is 535. The third-order valence-corrected chi connectivity index (χ3v) is 4.20. The van der Waals surface area contributed by atoms with Gasteiger partial charge in [-0.15, -0.1) is 0 Å². The van der Waals surface area contributed by atoms with E-state index in [1.807, 2.05) is 0 Å². The lowest BCUT2D eigenvalue weighted by Gasteiger charge is -2.13. The Labute approximate surface area is 118 Å². The molecule has 0 amide bonds. The Morgan fingerprint density at radius 3 is 2.16 bits per heavy atom. The van der Waals surface area contributed by atoms with Crippen molar-refractivity contribution in [3.05, 3.63) is 33.3 Å². The topological polar surface area (TPSA) is 51.8 Å². The van der Waals surface area contributed by atoms with Crippen molar-refractivity contribution in [2.45, 2.75) is 40.0 Å². The Morgan fingerprint density at radius 2 is 1.74 bits per heavy atom. The lowest BCUT2D eigenvalue weighted by Crippen LogP contribution is -2.12. The third-order valence-electron chi connectivity index (χ3n) is 3.34. The fraction of sp³-hybridized carbons (Fsp3) is 0.467. The molecule has 0 aliphatic heterocycles. The van der Waals surface area contributed by atoms with Crippen LogP contribution in [0, 0.1) is 6.92 Å². The molecule has 2 heterocycles. The maximum atomic E-state index is 5.71. The molecule has 0 aliphatic carbocycles. The van der Waals surface area contributed by atoms with Crippen molar-refractivity contribution in [1.29, 1.82) is 0 Å². The minimum atomic E-state index is 0.653. The van der Waals surface area contributed by atoms with Gasteiger partial charge in [0.15, 0.2) is 5.82 Å². The molecule has 0 unspecified atom stereocenters. The van der Waals surface area contributed by atoms with Crippen LogP contribution in [0.25, 0.3) is 11.4 Å². The predicted molar refractivity (Wildman–Crippen MR) is 81.6 cm³/mol. The van der Waals surface area contributed by atoms with Crippen LogP contribution >= 0.6 is 11.3 Å². The van der Waals surface area contributed by atoms with Crippen LogP contribution in [-0.2, 0) is 19.3 Å². The monoisotopic (exact) mass is 275 g/mol. The molecule has 0 aromatic carbocycles. The largest absolute Gasteiger partial charge is 0.330 e. The predicted octanol–water partition coefficient (Wildman–Crippen LogP) is 3.14. The Hall–Kier alpha value is -1.26. The minimum absolute atomic E-state index is 0.653. The normalized spacial score (nSPS) is 10.9. The van der Waals surface area contributed by atoms with Crippen LogP contribution < -0.4 is 5.73 Å². The molecule has 0 bridgehead atoms. The fourth-order valence-corrected chi connectivity index (χ4v) is 3.14. The Morgan fingerprint density at radius 1 is 1.11 bits per heavy atom. The highest BCUT2D eigenvalue weighted by Gasteiger charge is 2.14. The molecule has 0 spiro atoms. The number of nitrogens with two attached hydrogens (primary N) is 1. The number of thiophene rings is 1. The molecule has 102 valence electrons. The second-order valence-electron chi connectivity index (χ2n) is 4.63. The molecule has 0 aliphatic rings. The molecule has 0 fully saturated rings. The molecule has 0 saturated carbocycles. The van der Waals surface area contributed by atoms with Gasteiger partial charge in [0.2, 0.25) is 0 Å². The van der Waals surface area contributed by atoms with Gasteiger partial charge < -0.3 is 5.73 Å². The smallest absolute Gasteiger partial charge is 0.160 e. The summed E-state index contributed by atoms with van der Waals surface area (Å²) in [6.07, 6.45) is 2.73. The summed E-state index contributed by atoms with van der Waals surface area (Å²) in [5.41, 5.74) is 11.7. The van der Waals surface area contributed by atoms with Crippen LogP contribution in [0.4, 0.5) is 0 Å². The summed E-state index contributed by atoms with van der Waals surface area (Å²) in [5, 5.41) is 4.27. The summed E-state index contributed by atoms with van der Waals surface area (Å²) in [5.74, 6) is 0.869. The van der Waals surface area contributed by atoms with Gasteiger partial charge in [-0.2, -0.15) is 11.3 Å². The zero-order chi connectivity index (χ0) is 13.8. The number of rotatable bonds is 5. The molecule has 0 saturated heterocycles. The van der Waals surface area contributed by atoms with E-state index in [0.29, 0.717) is 6.54 Å². The summed E-state index contributed by atoms with van der Waals surface area (Å²) in [6.45, 7) is 7.05. The van der Waals surface area contributed by atoms with E-state index in [0.717, 1.165) is 42.0 Å². The van der Waals surface area contributed by atoms with E-state index in [-0.39, 0.29) is 0 Å². The van der Waals surface area contributed by atoms with Gasteiger partial charge in [-0.05, 0) is 49.2 Å². The fourth-order valence-electron chi connectivity index (χ4n) is 2.31. The van der Waals surface area contributed by atoms with Crippen LogP contribution in [0.3, 0.4) is 0 Å². The molecule has 2 rings (SSSR count). The molecule has 2 aromatic heterocycles. The quantitative estimate of drug-likeness (QED) is 0.912. The van der Waals surface area contributed by atoms with Gasteiger partial charge in [-0.25, -0.2) is 9.97 Å². The lowest BCUT2D eigenvalue weighted by atomic mass is 10.0. The molecule has 4 heteroatoms. The van der Waals surface area contributed by atoms with Crippen molar-refractivity contribution < 1.29 is 0 Å². The van der Waals surface area contributed by atoms with E-state index in [1.54, 1.807) is 11.3 Å². The van der Waals surface area contributed by atoms with Gasteiger partial charge >= 0.3 is 0 Å². The van der Waals surface area contributed by atoms with Crippen LogP contribution in [0.5, 0.6) is 0 Å². The molecule has 2 aromatic rings. The maximum Gasteiger partial charge on any atom is 0.160 e. The van der Waals surface area contributed by atoms with Crippen molar-refractivity contribution in [3.8, 4) is 11.4 Å². The van der Waals surface area contributed by atoms with Gasteiger partial charge in [-0.1, -0.05) is 13.8 Å². The third kappa shape index (κ3) is 2.85. The number of hydrogen-bond acceptors (Lipinski definition) is 4. The van der Waals surface area contributed by atoms with E-state index in [4.69, 9.17) is 15.7 Å². The summed E-state index contributed by atoms with van der Waals surface area (Å²) in [7, 11) is 0. The van der Waals surface area contributed by atoms with Crippen molar-refractivity contribution in [2.75, 3.05) is 6.54 Å². The first-order valence-corrected chi connectivity index (χ1v) is 7.77. The molecule has 0 atom stereocenters. The highest BCUT2D eigenvalue weighted by Crippen LogP contribution is 2.26. The molecule has 19 heavy (non-hydrogen) atoms. The molecule has 3 nitrogen and oxygen atoms in total. The second-order valence-corrected chi connectivity index (χ2v) is 5.38. The van der Waals surface area contributed by atoms with Gasteiger partial charge in [0.25, 0.3) is 0 Å². The Kier molecular flexibility index (Phi) is 4.66. The first kappa shape index (κ1) is 14.2. The molecular formula is C15H21N3S. The van der Waals surface area contributed by atoms with Crippen molar-refractivity contribution in [3.63, 3.8) is 0 Å². The average molecular weight is 275 g/mol. The highest BCUT2D eigenvalue weighted by atomic mass is 32.1. The molecule has 2 N–H and O–H groups in total. The summed E-state index contributed by atoms with van der Waals surface area (Å²) in [6, 6.07) is 0. The molecular weight excluding hydrogens is 254 g/mol. The zero-order valence-corrected chi connectivity index (χ0v) is 12.7. The number of aryl methyl sites for hydroxylation is 3. The van der Waals surface area contributed by atoms with Gasteiger partial charge in [0, 0.05) is 22.3 Å². The molecule has 0 radical (unpaired) electrons. The standard InChI is InChI=1S/C15H21N3S/c1-4-13-11(6-7-16)14(5-2)18-15(17-13)12-9-19-8-10(12)3/h8-9H,4-7,16H2,1-3H3. The van der Waals surface area contributed by atoms with Crippen LogP contribution in [0.15, 0.2) is 10.8 Å². The number of hydrogen-bond donors (Lipinski definition) is 1. The average Bonchev–Trinajstić information content (AvgIpc) is 2.85. The lowest BCUT2D eigenvalue weighted by molar-refractivity contribution is 0.844. The zero-order valence-electron chi connectivity index (χ0n) is 11.9. The van der Waals surface area contributed by atoms with Crippen molar-refractivity contribution >= 4 is 11.3 Å². The van der Waals surface area contributed by atoms with Gasteiger partial charge in [0.05, 0.1) is 0 Å². The first-order valence-electron chi connectivity index (χ1n) is 6.83. The first-order chi connectivity index (χ1) is 9.21. The summed E-state index contributed by atoms with van der Waals surface area (Å²) >= 11 is 1.70. The van der Waals surface area contributed by atoms with Gasteiger partial charge in [0.1, 0.15) is 0 Å². The van der Waals surface area contributed by atoms with Crippen LogP contribution in [-0.4, -0.2) is 16.5 Å². The van der Waals surface area contributed by atoms with Crippen LogP contribution in [0.2, 0.25) is 0 Å². The van der Waals surface area contributed by atoms with E-state index in [2.05, 4.69) is 31.5 Å². The minimum Gasteiger partial charge on any atom is -0.330 e. The number of aromatic nitrogens is 2. The Balaban J connectivity index is 2.56. The van der Waals surface area contributed by atoms with Gasteiger partial charge in [-0.3, -0.25) is 0 Å². The van der Waals surface area contributed by atoms with E-state index in [1.165, 1.54) is 11.1 Å². The second kappa shape index (κ2) is 6.26.